The molecule has 1 amide bonds. The van der Waals surface area contributed by atoms with Crippen molar-refractivity contribution in [1.82, 2.24) is 9.36 Å². The highest BCUT2D eigenvalue weighted by Crippen LogP contribution is 2.32. The van der Waals surface area contributed by atoms with E-state index in [1.807, 2.05) is 0 Å². The van der Waals surface area contributed by atoms with E-state index in [9.17, 15) is 23.1 Å². The van der Waals surface area contributed by atoms with Crippen LogP contribution in [0.2, 0.25) is 0 Å². The first-order chi connectivity index (χ1) is 13.2. The van der Waals surface area contributed by atoms with E-state index in [1.165, 1.54) is 29.5 Å². The fraction of sp³-hybridized carbons (Fsp3) is 0.235. The van der Waals surface area contributed by atoms with E-state index in [0.29, 0.717) is 27.0 Å². The van der Waals surface area contributed by atoms with Gasteiger partial charge in [0.2, 0.25) is 5.13 Å². The quantitative estimate of drug-likeness (QED) is 0.609. The molecule has 148 valence electrons. The van der Waals surface area contributed by atoms with E-state index in [0.717, 1.165) is 11.5 Å². The molecule has 0 aliphatic rings. The van der Waals surface area contributed by atoms with Gasteiger partial charge in [-0.25, -0.2) is 4.98 Å². The van der Waals surface area contributed by atoms with Crippen LogP contribution < -0.4 is 10.1 Å². The summed E-state index contributed by atoms with van der Waals surface area (Å²) in [4.78, 5) is 17.1. The zero-order valence-electron chi connectivity index (χ0n) is 14.4. The molecule has 0 saturated heterocycles. The van der Waals surface area contributed by atoms with Crippen molar-refractivity contribution in [3.8, 4) is 16.2 Å². The number of hydrogen-bond donors (Lipinski definition) is 2. The molecule has 3 aromatic rings. The standard InChI is InChI=1S/C17H14F3N3O3S2/c1-9(24)5-14-21-16(28-23-14)22-15(25)11-7-13(27-8-11)10-3-2-4-12(6-10)26-17(18,19)20/h2-4,6-9,24H,5H2,1H3,(H,21,22,23,25). The van der Waals surface area contributed by atoms with Gasteiger partial charge < -0.3 is 9.84 Å². The number of ether oxygens (including phenoxy) is 1. The molecule has 0 radical (unpaired) electrons. The first kappa shape index (κ1) is 20.2. The molecular formula is C17H14F3N3O3S2. The van der Waals surface area contributed by atoms with Crippen molar-refractivity contribution in [3.05, 3.63) is 47.1 Å². The number of aliphatic hydroxyl groups excluding tert-OH is 1. The summed E-state index contributed by atoms with van der Waals surface area (Å²) < 4.78 is 45.1. The number of aromatic nitrogens is 2. The van der Waals surface area contributed by atoms with Gasteiger partial charge in [-0.2, -0.15) is 4.37 Å². The van der Waals surface area contributed by atoms with Crippen LogP contribution in [0.4, 0.5) is 18.3 Å². The number of benzene rings is 1. The molecule has 2 aromatic heterocycles. The van der Waals surface area contributed by atoms with E-state index in [-0.39, 0.29) is 12.2 Å². The highest BCUT2D eigenvalue weighted by Gasteiger charge is 2.31. The maximum atomic E-state index is 12.4. The van der Waals surface area contributed by atoms with Gasteiger partial charge in [0.05, 0.1) is 11.7 Å². The lowest BCUT2D eigenvalue weighted by Gasteiger charge is -2.09. The van der Waals surface area contributed by atoms with Crippen LogP contribution in [0.15, 0.2) is 35.7 Å². The first-order valence-corrected chi connectivity index (χ1v) is 9.61. The molecule has 0 bridgehead atoms. The maximum Gasteiger partial charge on any atom is 0.573 e. The van der Waals surface area contributed by atoms with Gasteiger partial charge in [-0.3, -0.25) is 10.1 Å². The van der Waals surface area contributed by atoms with Crippen LogP contribution in [-0.4, -0.2) is 32.8 Å². The largest absolute Gasteiger partial charge is 0.573 e. The summed E-state index contributed by atoms with van der Waals surface area (Å²) in [5, 5.41) is 13.8. The molecule has 3 rings (SSSR count). The third-order valence-electron chi connectivity index (χ3n) is 3.38. The van der Waals surface area contributed by atoms with Gasteiger partial charge >= 0.3 is 6.36 Å². The fourth-order valence-corrected chi connectivity index (χ4v) is 3.75. The van der Waals surface area contributed by atoms with Crippen LogP contribution in [0, 0.1) is 0 Å². The molecule has 2 heterocycles. The number of thiophene rings is 1. The second kappa shape index (κ2) is 8.25. The zero-order chi connectivity index (χ0) is 20.3. The Balaban J connectivity index is 1.70. The Labute approximate surface area is 165 Å². The van der Waals surface area contributed by atoms with Gasteiger partial charge in [0, 0.05) is 28.2 Å². The number of aliphatic hydroxyl groups is 1. The Morgan fingerprint density at radius 1 is 1.36 bits per heavy atom. The second-order valence-corrected chi connectivity index (χ2v) is 7.46. The molecule has 1 atom stereocenters. The Morgan fingerprint density at radius 3 is 2.86 bits per heavy atom. The third kappa shape index (κ3) is 5.50. The van der Waals surface area contributed by atoms with Crippen molar-refractivity contribution >= 4 is 33.9 Å². The highest BCUT2D eigenvalue weighted by molar-refractivity contribution is 7.14. The topological polar surface area (TPSA) is 84.3 Å². The summed E-state index contributed by atoms with van der Waals surface area (Å²) >= 11 is 2.22. The lowest BCUT2D eigenvalue weighted by molar-refractivity contribution is -0.274. The molecule has 2 N–H and O–H groups in total. The van der Waals surface area contributed by atoms with Crippen LogP contribution in [0.25, 0.3) is 10.4 Å². The zero-order valence-corrected chi connectivity index (χ0v) is 16.0. The van der Waals surface area contributed by atoms with Gasteiger partial charge in [0.1, 0.15) is 11.6 Å². The molecule has 0 aliphatic heterocycles. The second-order valence-electron chi connectivity index (χ2n) is 5.80. The minimum atomic E-state index is -4.77. The predicted octanol–water partition coefficient (Wildman–Crippen LogP) is 4.34. The van der Waals surface area contributed by atoms with Crippen molar-refractivity contribution in [3.63, 3.8) is 0 Å². The molecular weight excluding hydrogens is 415 g/mol. The van der Waals surface area contributed by atoms with E-state index in [1.54, 1.807) is 24.4 Å². The molecule has 0 fully saturated rings. The Morgan fingerprint density at radius 2 is 2.14 bits per heavy atom. The Hall–Kier alpha value is -2.50. The third-order valence-corrected chi connectivity index (χ3v) is 5.03. The maximum absolute atomic E-state index is 12.4. The molecule has 0 aliphatic carbocycles. The Bertz CT molecular complexity index is 970. The van der Waals surface area contributed by atoms with Crippen molar-refractivity contribution < 1.29 is 27.8 Å². The summed E-state index contributed by atoms with van der Waals surface area (Å²) in [6.07, 6.45) is -5.08. The summed E-state index contributed by atoms with van der Waals surface area (Å²) in [6, 6.07) is 7.11. The van der Waals surface area contributed by atoms with Gasteiger partial charge in [-0.15, -0.1) is 24.5 Å². The first-order valence-electron chi connectivity index (χ1n) is 7.96. The number of nitrogens with one attached hydrogen (secondary N) is 1. The Kier molecular flexibility index (Phi) is 5.96. The average Bonchev–Trinajstić information content (AvgIpc) is 3.22. The number of rotatable bonds is 6. The predicted molar refractivity (Wildman–Crippen MR) is 99.7 cm³/mol. The van der Waals surface area contributed by atoms with Gasteiger partial charge in [-0.05, 0) is 30.7 Å². The fourth-order valence-electron chi connectivity index (χ4n) is 2.27. The van der Waals surface area contributed by atoms with Gasteiger partial charge in [0.25, 0.3) is 5.91 Å². The minimum absolute atomic E-state index is 0.283. The van der Waals surface area contributed by atoms with Crippen LogP contribution in [0.1, 0.15) is 23.1 Å². The molecule has 1 aromatic carbocycles. The van der Waals surface area contributed by atoms with E-state index >= 15 is 0 Å². The van der Waals surface area contributed by atoms with Gasteiger partial charge in [0.15, 0.2) is 0 Å². The van der Waals surface area contributed by atoms with Crippen molar-refractivity contribution in [2.75, 3.05) is 5.32 Å². The molecule has 0 spiro atoms. The lowest BCUT2D eigenvalue weighted by Crippen LogP contribution is -2.17. The van der Waals surface area contributed by atoms with Crippen LogP contribution >= 0.6 is 22.9 Å². The van der Waals surface area contributed by atoms with Crippen LogP contribution in [-0.2, 0) is 6.42 Å². The van der Waals surface area contributed by atoms with Crippen molar-refractivity contribution in [1.29, 1.82) is 0 Å². The highest BCUT2D eigenvalue weighted by atomic mass is 32.1. The SMILES string of the molecule is CC(O)Cc1nsc(NC(=O)c2csc(-c3cccc(OC(F)(F)F)c3)c2)n1. The van der Waals surface area contributed by atoms with Crippen molar-refractivity contribution in [2.45, 2.75) is 25.8 Å². The molecule has 6 nitrogen and oxygen atoms in total. The summed E-state index contributed by atoms with van der Waals surface area (Å²) in [5.74, 6) is -0.309. The van der Waals surface area contributed by atoms with Crippen LogP contribution in [0.3, 0.4) is 0 Å². The normalized spacial score (nSPS) is 12.6. The molecule has 28 heavy (non-hydrogen) atoms. The van der Waals surface area contributed by atoms with E-state index in [4.69, 9.17) is 0 Å². The van der Waals surface area contributed by atoms with Crippen LogP contribution in [0.5, 0.6) is 5.75 Å². The minimum Gasteiger partial charge on any atom is -0.406 e. The number of anilines is 1. The van der Waals surface area contributed by atoms with Gasteiger partial charge in [-0.1, -0.05) is 12.1 Å². The molecule has 11 heteroatoms. The van der Waals surface area contributed by atoms with Crippen molar-refractivity contribution in [2.24, 2.45) is 0 Å². The summed E-state index contributed by atoms with van der Waals surface area (Å²) in [7, 11) is 0. The monoisotopic (exact) mass is 429 g/mol. The average molecular weight is 429 g/mol. The van der Waals surface area contributed by atoms with E-state index < -0.39 is 18.4 Å². The number of carbonyl (C=O) groups excluding carboxylic acids is 1. The lowest BCUT2D eigenvalue weighted by atomic mass is 10.1. The smallest absolute Gasteiger partial charge is 0.406 e. The number of nitrogens with zero attached hydrogens (tertiary/aromatic N) is 2. The summed E-state index contributed by atoms with van der Waals surface area (Å²) in [5.41, 5.74) is 0.843. The molecule has 1 unspecified atom stereocenters. The van der Waals surface area contributed by atoms with E-state index in [2.05, 4.69) is 19.4 Å². The number of alkyl halides is 3. The summed E-state index contributed by atoms with van der Waals surface area (Å²) in [6.45, 7) is 1.61. The number of carbonyl (C=O) groups is 1. The number of amides is 1. The molecule has 0 saturated carbocycles. The number of halogens is 3. The number of hydrogen-bond acceptors (Lipinski definition) is 7.